The number of aromatic nitrogens is 4. The maximum absolute atomic E-state index is 15.6. The number of aryl methyl sites for hydroxylation is 2. The quantitative estimate of drug-likeness (QED) is 0.0408. The lowest BCUT2D eigenvalue weighted by molar-refractivity contribution is -0.0625. The van der Waals surface area contributed by atoms with E-state index in [2.05, 4.69) is 30.7 Å². The van der Waals surface area contributed by atoms with E-state index in [1.807, 2.05) is 66.7 Å². The van der Waals surface area contributed by atoms with Gasteiger partial charge in [0.15, 0.2) is 0 Å². The topological polar surface area (TPSA) is 259 Å². The highest BCUT2D eigenvalue weighted by Crippen LogP contribution is 2.55. The Kier molecular flexibility index (Phi) is 17.3. The van der Waals surface area contributed by atoms with Crippen LogP contribution in [0.4, 0.5) is 0 Å². The zero-order chi connectivity index (χ0) is 54.2. The van der Waals surface area contributed by atoms with E-state index < -0.39 is 125 Å². The molecule has 4 heterocycles. The largest absolute Gasteiger partial charge is 0.475 e. The van der Waals surface area contributed by atoms with Crippen LogP contribution in [0.3, 0.4) is 0 Å². The first-order chi connectivity index (χ1) is 36.4. The molecule has 2 aliphatic rings. The second kappa shape index (κ2) is 23.8. The van der Waals surface area contributed by atoms with Gasteiger partial charge in [0.1, 0.15) is 44.0 Å². The Bertz CT molecular complexity index is 3290. The van der Waals surface area contributed by atoms with Crippen molar-refractivity contribution in [3.63, 3.8) is 0 Å². The molecule has 2 saturated heterocycles. The molecule has 2 N–H and O–H groups in total. The number of hydrogen-bond acceptors (Lipinski definition) is 16. The lowest BCUT2D eigenvalue weighted by Gasteiger charge is -2.45. The Balaban J connectivity index is 1.19. The fraction of sp³-hybridized carbons (Fsp3) is 0.352. The van der Waals surface area contributed by atoms with Gasteiger partial charge in [-0.1, -0.05) is 118 Å². The monoisotopic (exact) mass is 1080 g/mol. The third-order valence-corrected chi connectivity index (χ3v) is 19.7. The van der Waals surface area contributed by atoms with Gasteiger partial charge in [0.2, 0.25) is 0 Å². The molecule has 0 spiro atoms. The maximum atomic E-state index is 15.6. The second-order valence-electron chi connectivity index (χ2n) is 19.4. The average molecular weight is 1080 g/mol. The number of nitriles is 1. The van der Waals surface area contributed by atoms with E-state index in [0.29, 0.717) is 0 Å². The van der Waals surface area contributed by atoms with E-state index in [1.54, 1.807) is 43.3 Å². The smallest absolute Gasteiger partial charge is 0.462 e. The maximum Gasteiger partial charge on any atom is 0.475 e. The Morgan fingerprint density at radius 3 is 1.72 bits per heavy atom. The molecule has 1 unspecified atom stereocenters. The van der Waals surface area contributed by atoms with Crippen molar-refractivity contribution in [3.05, 3.63) is 198 Å². The van der Waals surface area contributed by atoms with E-state index >= 15 is 4.57 Å². The van der Waals surface area contributed by atoms with E-state index in [4.69, 9.17) is 36.9 Å². The van der Waals surface area contributed by atoms with Crippen molar-refractivity contribution in [3.8, 4) is 6.07 Å². The number of ether oxygens (including phenoxy) is 4. The van der Waals surface area contributed by atoms with Gasteiger partial charge in [-0.05, 0) is 53.5 Å². The predicted octanol–water partition coefficient (Wildman–Crippen LogP) is 5.60. The van der Waals surface area contributed by atoms with Gasteiger partial charge >= 0.3 is 31.1 Å². The molecule has 22 heteroatoms. The number of nitrogens with zero attached hydrogens (tertiary/aromatic N) is 3. The standard InChI is InChI=1S/C54H58N5O15PSi/c1-35-30-58(52(64)56-47(35)60)45-29-42(74-76(54(3,4)5,39-23-14-8-15-24-39)40-25-16-9-17-26-40)43(71-45)34-70-75(66,69-28-18-27-55)73-46-41(32-67-50(62)37-19-10-6-11-20-37)49(59-31-36(2)48(61)57-53(59)65)72-44(46)33-68-51(63)38-21-12-7-13-22-38/h6-17,19-26,30-31,41-46,49H,18,28-29,32-34H2,1-5H3,(H,56,60,64)(H,57,61,65)/t41-,42+,43-,44-,45-,46+,49-,75?/m1/s1. The molecule has 6 aromatic rings. The van der Waals surface area contributed by atoms with Crippen molar-refractivity contribution in [1.82, 2.24) is 19.1 Å². The molecule has 8 atom stereocenters. The molecule has 2 fully saturated rings. The minimum Gasteiger partial charge on any atom is -0.462 e. The van der Waals surface area contributed by atoms with E-state index in [-0.39, 0.29) is 35.1 Å². The number of H-pyrrole nitrogens is 2. The number of carbonyl (C=O) groups is 2. The first-order valence-corrected chi connectivity index (χ1v) is 27.9. The van der Waals surface area contributed by atoms with E-state index in [1.165, 1.54) is 48.1 Å². The Morgan fingerprint density at radius 1 is 0.697 bits per heavy atom. The number of aromatic amines is 2. The third kappa shape index (κ3) is 12.3. The number of phosphoric ester groups is 1. The van der Waals surface area contributed by atoms with Gasteiger partial charge in [-0.3, -0.25) is 42.3 Å². The molecule has 0 saturated carbocycles. The van der Waals surface area contributed by atoms with Crippen LogP contribution < -0.4 is 32.9 Å². The van der Waals surface area contributed by atoms with Gasteiger partial charge in [-0.2, -0.15) is 5.26 Å². The zero-order valence-corrected chi connectivity index (χ0v) is 44.3. The molecule has 398 valence electrons. The molecule has 0 aliphatic carbocycles. The van der Waals surface area contributed by atoms with Crippen LogP contribution in [0.1, 0.15) is 77.9 Å². The molecule has 76 heavy (non-hydrogen) atoms. The second-order valence-corrected chi connectivity index (χ2v) is 25.2. The van der Waals surface area contributed by atoms with Gasteiger partial charge in [-0.25, -0.2) is 23.7 Å². The Morgan fingerprint density at radius 2 is 1.20 bits per heavy atom. The number of esters is 2. The lowest BCUT2D eigenvalue weighted by Crippen LogP contribution is -2.68. The third-order valence-electron chi connectivity index (χ3n) is 13.2. The minimum absolute atomic E-state index is 0.0412. The summed E-state index contributed by atoms with van der Waals surface area (Å²) in [5.74, 6) is -2.82. The van der Waals surface area contributed by atoms with Crippen LogP contribution >= 0.6 is 7.82 Å². The SMILES string of the molecule is Cc1cn([C@@H]2O[C@H](COC(=O)c3ccccc3)[C@@H](OP(=O)(OCCC#N)OC[C@H]3O[C@@H](n4cc(C)c(=O)[nH]c4=O)C[C@@H]3O[Si](c3ccccc3)(c3ccccc3)C(C)(C)C)[C@H]2COC(=O)c2ccccc2)c(=O)[nH]c1=O. The first-order valence-electron chi connectivity index (χ1n) is 24.5. The molecule has 0 radical (unpaired) electrons. The predicted molar refractivity (Wildman–Crippen MR) is 279 cm³/mol. The summed E-state index contributed by atoms with van der Waals surface area (Å²) in [6.07, 6.45) is -5.11. The number of phosphoric acid groups is 1. The molecule has 20 nitrogen and oxygen atoms in total. The van der Waals surface area contributed by atoms with Gasteiger partial charge in [-0.15, -0.1) is 0 Å². The molecule has 8 rings (SSSR count). The fourth-order valence-electron chi connectivity index (χ4n) is 9.42. The normalized spacial score (nSPS) is 21.3. The lowest BCUT2D eigenvalue weighted by atomic mass is 10.0. The van der Waals surface area contributed by atoms with Crippen LogP contribution in [0.25, 0.3) is 0 Å². The van der Waals surface area contributed by atoms with Crippen molar-refractivity contribution in [2.45, 2.75) is 89.4 Å². The highest BCUT2D eigenvalue weighted by atomic mass is 31.2. The van der Waals surface area contributed by atoms with Crippen LogP contribution in [-0.4, -0.2) is 90.2 Å². The summed E-state index contributed by atoms with van der Waals surface area (Å²) in [5.41, 5.74) is -2.20. The molecule has 0 amide bonds. The molecule has 0 bridgehead atoms. The molecular formula is C54H58N5O15PSi. The van der Waals surface area contributed by atoms with Gasteiger partial charge in [0.25, 0.3) is 19.4 Å². The molecular weight excluding hydrogens is 1020 g/mol. The van der Waals surface area contributed by atoms with Crippen molar-refractivity contribution >= 4 is 38.5 Å². The van der Waals surface area contributed by atoms with Crippen molar-refractivity contribution in [1.29, 1.82) is 5.26 Å². The van der Waals surface area contributed by atoms with Crippen molar-refractivity contribution in [2.24, 2.45) is 5.92 Å². The number of rotatable bonds is 20. The van der Waals surface area contributed by atoms with Crippen molar-refractivity contribution in [2.75, 3.05) is 26.4 Å². The Hall–Kier alpha value is -7.12. The summed E-state index contributed by atoms with van der Waals surface area (Å²) in [5, 5.41) is 10.9. The highest BCUT2D eigenvalue weighted by molar-refractivity contribution is 7.48. The summed E-state index contributed by atoms with van der Waals surface area (Å²) < 4.78 is 68.7. The number of hydrogen-bond donors (Lipinski definition) is 2. The number of benzene rings is 4. The van der Waals surface area contributed by atoms with E-state index in [9.17, 15) is 34.0 Å². The Labute approximate surface area is 437 Å². The molecule has 2 aromatic heterocycles. The highest BCUT2D eigenvalue weighted by Gasteiger charge is 2.55. The van der Waals surface area contributed by atoms with Crippen LogP contribution in [0.2, 0.25) is 5.04 Å². The number of nitrogens with one attached hydrogen (secondary N) is 2. The summed E-state index contributed by atoms with van der Waals surface area (Å²) in [4.78, 5) is 83.9. The van der Waals surface area contributed by atoms with Gasteiger partial charge in [0, 0.05) is 29.9 Å². The summed E-state index contributed by atoms with van der Waals surface area (Å²) in [6.45, 7) is 7.04. The zero-order valence-electron chi connectivity index (χ0n) is 42.4. The summed E-state index contributed by atoms with van der Waals surface area (Å²) in [7, 11) is -8.43. The van der Waals surface area contributed by atoms with Crippen molar-refractivity contribution < 1.29 is 51.1 Å². The van der Waals surface area contributed by atoms with Crippen LogP contribution in [0, 0.1) is 31.1 Å². The average Bonchev–Trinajstić information content (AvgIpc) is 4.01. The first kappa shape index (κ1) is 55.1. The van der Waals surface area contributed by atoms with Crippen LogP contribution in [0.5, 0.6) is 0 Å². The molecule has 4 aromatic carbocycles. The van der Waals surface area contributed by atoms with Crippen LogP contribution in [0.15, 0.2) is 153 Å². The number of carbonyl (C=O) groups excluding carboxylic acids is 2. The fourth-order valence-corrected chi connectivity index (χ4v) is 15.6. The van der Waals surface area contributed by atoms with Crippen LogP contribution in [-0.2, 0) is 41.5 Å². The van der Waals surface area contributed by atoms with E-state index in [0.717, 1.165) is 14.9 Å². The molecule has 2 aliphatic heterocycles. The van der Waals surface area contributed by atoms with Gasteiger partial charge < -0.3 is 23.4 Å². The summed E-state index contributed by atoms with van der Waals surface area (Å²) in [6, 6.07) is 37.6. The summed E-state index contributed by atoms with van der Waals surface area (Å²) >= 11 is 0. The van der Waals surface area contributed by atoms with Gasteiger partial charge in [0.05, 0.1) is 48.9 Å². The minimum atomic E-state index is -5.02.